The number of anilines is 1. The number of nitrogens with one attached hydrogen (secondary N) is 1. The van der Waals surface area contributed by atoms with Crippen molar-refractivity contribution in [2.75, 3.05) is 5.32 Å². The minimum absolute atomic E-state index is 0.0649. The van der Waals surface area contributed by atoms with E-state index in [1.54, 1.807) is 6.20 Å². The lowest BCUT2D eigenvalue weighted by Gasteiger charge is -2.10. The number of hydrogen-bond donors (Lipinski definition) is 2. The molecular formula is C14H16N4O3. The van der Waals surface area contributed by atoms with Gasteiger partial charge in [-0.2, -0.15) is 0 Å². The first kappa shape index (κ1) is 14.7. The number of hydrogen-bond acceptors (Lipinski definition) is 6. The molecule has 0 spiro atoms. The lowest BCUT2D eigenvalue weighted by Crippen LogP contribution is -2.08. The zero-order valence-corrected chi connectivity index (χ0v) is 11.8. The van der Waals surface area contributed by atoms with Crippen molar-refractivity contribution in [3.63, 3.8) is 0 Å². The fraction of sp³-hybridized carbons (Fsp3) is 0.286. The number of rotatable bonds is 6. The fourth-order valence-corrected chi connectivity index (χ4v) is 1.59. The predicted molar refractivity (Wildman–Crippen MR) is 76.3 cm³/mol. The third-order valence-electron chi connectivity index (χ3n) is 2.50. The number of aromatic nitrogens is 3. The van der Waals surface area contributed by atoms with Crippen LogP contribution in [0.3, 0.4) is 0 Å². The normalized spacial score (nSPS) is 10.4. The zero-order valence-electron chi connectivity index (χ0n) is 11.8. The summed E-state index contributed by atoms with van der Waals surface area (Å²) in [7, 11) is 0. The Bertz CT molecular complexity index is 614. The van der Waals surface area contributed by atoms with Gasteiger partial charge >= 0.3 is 5.97 Å². The highest BCUT2D eigenvalue weighted by atomic mass is 16.5. The molecule has 0 amide bonds. The quantitative estimate of drug-likeness (QED) is 0.838. The summed E-state index contributed by atoms with van der Waals surface area (Å²) in [6.45, 7) is 4.39. The van der Waals surface area contributed by atoms with Crippen LogP contribution in [0, 0.1) is 0 Å². The highest BCUT2D eigenvalue weighted by Crippen LogP contribution is 2.12. The Morgan fingerprint density at radius 3 is 2.76 bits per heavy atom. The van der Waals surface area contributed by atoms with Crippen molar-refractivity contribution in [1.29, 1.82) is 0 Å². The highest BCUT2D eigenvalue weighted by molar-refractivity contribution is 5.84. The van der Waals surface area contributed by atoms with Gasteiger partial charge in [0.25, 0.3) is 0 Å². The van der Waals surface area contributed by atoms with Gasteiger partial charge in [0, 0.05) is 18.8 Å². The van der Waals surface area contributed by atoms with E-state index >= 15 is 0 Å². The van der Waals surface area contributed by atoms with E-state index in [1.165, 1.54) is 12.4 Å². The molecule has 2 aromatic heterocycles. The van der Waals surface area contributed by atoms with E-state index in [0.29, 0.717) is 18.2 Å². The largest absolute Gasteiger partial charge is 0.476 e. The summed E-state index contributed by atoms with van der Waals surface area (Å²) in [5, 5.41) is 11.8. The molecule has 2 N–H and O–H groups in total. The van der Waals surface area contributed by atoms with Crippen molar-refractivity contribution in [1.82, 2.24) is 15.0 Å². The van der Waals surface area contributed by atoms with Gasteiger partial charge in [0.2, 0.25) is 5.88 Å². The number of carboxylic acids is 1. The van der Waals surface area contributed by atoms with E-state index in [4.69, 9.17) is 9.84 Å². The van der Waals surface area contributed by atoms with Gasteiger partial charge in [0.1, 0.15) is 5.82 Å². The van der Waals surface area contributed by atoms with Crippen molar-refractivity contribution in [3.05, 3.63) is 42.0 Å². The molecule has 0 radical (unpaired) electrons. The molecule has 0 aliphatic rings. The molecule has 0 fully saturated rings. The van der Waals surface area contributed by atoms with Crippen molar-refractivity contribution in [2.45, 2.75) is 26.5 Å². The molecule has 7 heteroatoms. The molecule has 0 bridgehead atoms. The standard InChI is InChI=1S/C14H16N4O3/c1-9(2)21-13-5-10(3-4-15-13)6-17-12-8-16-11(7-18-12)14(19)20/h3-5,7-9H,6H2,1-2H3,(H,17,18)(H,19,20). The van der Waals surface area contributed by atoms with Crippen LogP contribution in [0.5, 0.6) is 5.88 Å². The first-order valence-corrected chi connectivity index (χ1v) is 6.45. The molecule has 0 aliphatic heterocycles. The van der Waals surface area contributed by atoms with Gasteiger partial charge in [-0.05, 0) is 25.5 Å². The topological polar surface area (TPSA) is 97.2 Å². The van der Waals surface area contributed by atoms with Crippen LogP contribution in [0.1, 0.15) is 29.9 Å². The summed E-state index contributed by atoms with van der Waals surface area (Å²) in [6, 6.07) is 3.70. The summed E-state index contributed by atoms with van der Waals surface area (Å²) in [5.74, 6) is -0.0293. The predicted octanol–water partition coefficient (Wildman–Crippen LogP) is 1.97. The SMILES string of the molecule is CC(C)Oc1cc(CNc2cnc(C(=O)O)cn2)ccn1. The number of aromatic carboxylic acids is 1. The Kier molecular flexibility index (Phi) is 4.65. The summed E-state index contributed by atoms with van der Waals surface area (Å²) in [4.78, 5) is 22.6. The molecular weight excluding hydrogens is 272 g/mol. The first-order valence-electron chi connectivity index (χ1n) is 6.45. The van der Waals surface area contributed by atoms with Crippen molar-refractivity contribution in [3.8, 4) is 5.88 Å². The Hall–Kier alpha value is -2.70. The Morgan fingerprint density at radius 2 is 2.14 bits per heavy atom. The van der Waals surface area contributed by atoms with Crippen LogP contribution in [0.25, 0.3) is 0 Å². The van der Waals surface area contributed by atoms with Crippen LogP contribution in [0.4, 0.5) is 5.82 Å². The molecule has 2 heterocycles. The molecule has 7 nitrogen and oxygen atoms in total. The van der Waals surface area contributed by atoms with Crippen molar-refractivity contribution < 1.29 is 14.6 Å². The van der Waals surface area contributed by atoms with Gasteiger partial charge < -0.3 is 15.2 Å². The van der Waals surface area contributed by atoms with E-state index in [1.807, 2.05) is 26.0 Å². The van der Waals surface area contributed by atoms with E-state index in [0.717, 1.165) is 5.56 Å². The van der Waals surface area contributed by atoms with Crippen LogP contribution >= 0.6 is 0 Å². The molecule has 0 atom stereocenters. The van der Waals surface area contributed by atoms with Gasteiger partial charge in [-0.1, -0.05) is 0 Å². The monoisotopic (exact) mass is 288 g/mol. The number of pyridine rings is 1. The second kappa shape index (κ2) is 6.65. The highest BCUT2D eigenvalue weighted by Gasteiger charge is 2.05. The number of carboxylic acid groups (broad SMARTS) is 1. The third-order valence-corrected chi connectivity index (χ3v) is 2.50. The second-order valence-corrected chi connectivity index (χ2v) is 4.61. The van der Waals surface area contributed by atoms with Gasteiger partial charge in [-0.3, -0.25) is 0 Å². The minimum Gasteiger partial charge on any atom is -0.476 e. The van der Waals surface area contributed by atoms with E-state index < -0.39 is 5.97 Å². The maximum atomic E-state index is 10.7. The molecule has 0 aromatic carbocycles. The van der Waals surface area contributed by atoms with Gasteiger partial charge in [-0.25, -0.2) is 19.7 Å². The maximum absolute atomic E-state index is 10.7. The van der Waals surface area contributed by atoms with Crippen LogP contribution < -0.4 is 10.1 Å². The zero-order chi connectivity index (χ0) is 15.2. The molecule has 2 aromatic rings. The minimum atomic E-state index is -1.10. The van der Waals surface area contributed by atoms with E-state index in [-0.39, 0.29) is 11.8 Å². The summed E-state index contributed by atoms with van der Waals surface area (Å²) >= 11 is 0. The summed E-state index contributed by atoms with van der Waals surface area (Å²) < 4.78 is 5.52. The third kappa shape index (κ3) is 4.41. The van der Waals surface area contributed by atoms with Crippen LogP contribution in [0.2, 0.25) is 0 Å². The lowest BCUT2D eigenvalue weighted by molar-refractivity contribution is 0.0690. The fourth-order valence-electron chi connectivity index (χ4n) is 1.59. The summed E-state index contributed by atoms with van der Waals surface area (Å²) in [5.41, 5.74) is 0.891. The number of carbonyl (C=O) groups is 1. The maximum Gasteiger partial charge on any atom is 0.356 e. The molecule has 0 saturated heterocycles. The van der Waals surface area contributed by atoms with Crippen molar-refractivity contribution >= 4 is 11.8 Å². The Balaban J connectivity index is 1.97. The lowest BCUT2D eigenvalue weighted by atomic mass is 10.2. The van der Waals surface area contributed by atoms with Gasteiger partial charge in [-0.15, -0.1) is 0 Å². The molecule has 0 unspecified atom stereocenters. The smallest absolute Gasteiger partial charge is 0.356 e. The second-order valence-electron chi connectivity index (χ2n) is 4.61. The van der Waals surface area contributed by atoms with Crippen LogP contribution in [-0.4, -0.2) is 32.1 Å². The molecule has 110 valence electrons. The molecule has 2 rings (SSSR count). The average Bonchev–Trinajstić information content (AvgIpc) is 2.45. The molecule has 0 aliphatic carbocycles. The first-order chi connectivity index (χ1) is 10.0. The van der Waals surface area contributed by atoms with Gasteiger partial charge in [0.15, 0.2) is 5.69 Å². The van der Waals surface area contributed by atoms with Crippen LogP contribution in [-0.2, 0) is 6.54 Å². The number of nitrogens with zero attached hydrogens (tertiary/aromatic N) is 3. The average molecular weight is 288 g/mol. The van der Waals surface area contributed by atoms with E-state index in [2.05, 4.69) is 20.3 Å². The summed E-state index contributed by atoms with van der Waals surface area (Å²) in [6.07, 6.45) is 4.34. The molecule has 21 heavy (non-hydrogen) atoms. The number of ether oxygens (including phenoxy) is 1. The Labute approximate surface area is 122 Å². The molecule has 0 saturated carbocycles. The van der Waals surface area contributed by atoms with Crippen molar-refractivity contribution in [2.24, 2.45) is 0 Å². The van der Waals surface area contributed by atoms with Gasteiger partial charge in [0.05, 0.1) is 18.5 Å². The Morgan fingerprint density at radius 1 is 1.33 bits per heavy atom. The van der Waals surface area contributed by atoms with Crippen LogP contribution in [0.15, 0.2) is 30.7 Å². The van der Waals surface area contributed by atoms with E-state index in [9.17, 15) is 4.79 Å².